The molecule has 0 amide bonds. The van der Waals surface area contributed by atoms with Crippen molar-refractivity contribution in [1.29, 1.82) is 0 Å². The molecule has 5 aliphatic carbocycles. The average molecular weight is 1830 g/mol. The third-order valence-corrected chi connectivity index (χ3v) is 31.2. The van der Waals surface area contributed by atoms with Gasteiger partial charge in [-0.1, -0.05) is 227 Å². The monoisotopic (exact) mass is 1830 g/mol. The summed E-state index contributed by atoms with van der Waals surface area (Å²) in [5.74, 6) is 7.57. The Labute approximate surface area is 741 Å². The number of fused-ring (bicyclic) bond motifs is 5. The third-order valence-electron chi connectivity index (χ3n) is 29.1. The predicted molar refractivity (Wildman–Crippen MR) is 495 cm³/mol. The van der Waals surface area contributed by atoms with Crippen LogP contribution in [-0.4, -0.2) is 67.7 Å². The Bertz CT molecular complexity index is 5720. The van der Waals surface area contributed by atoms with Crippen LogP contribution in [0.25, 0.3) is 83.9 Å². The Balaban J connectivity index is 0.000000148. The van der Waals surface area contributed by atoms with Crippen molar-refractivity contribution < 1.29 is 30.7 Å². The molecule has 7 aromatic heterocycles. The number of aromatic nitrogens is 14. The summed E-state index contributed by atoms with van der Waals surface area (Å²) in [6.45, 7) is 56.5. The van der Waals surface area contributed by atoms with Crippen molar-refractivity contribution in [1.82, 2.24) is 67.7 Å². The van der Waals surface area contributed by atoms with Crippen LogP contribution < -0.4 is 5.73 Å². The molecule has 5 N–H and O–H groups in total. The molecule has 5 unspecified atom stereocenters. The number of imidazole rings is 5. The molecule has 0 fully saturated rings. The van der Waals surface area contributed by atoms with Crippen LogP contribution in [0, 0.1) is 136 Å². The van der Waals surface area contributed by atoms with E-state index >= 15 is 0 Å². The number of allylic oxidation sites excluding steroid dienone is 10. The zero-order valence-corrected chi connectivity index (χ0v) is 80.0. The lowest BCUT2D eigenvalue weighted by Crippen LogP contribution is -2.35. The molecule has 0 aliphatic heterocycles. The number of nitrogens with two attached hydrogens (primary N) is 1. The largest absolute Gasteiger partial charge is 0.416 e. The van der Waals surface area contributed by atoms with E-state index in [4.69, 9.17) is 65.6 Å². The SMILES string of the molecule is CC(C)C1CC=C(n2c(=S)[nH]c3c(Br)cc(C(F)(F)F)cc32)[C@@]1(C)C(C)C.CC(C)C1CC=C(n2c(=S)[nH]c3c(Cl)cc(C(F)(F)F)cc32)[C@@]1(C)C(C)C.CC(C)C1CC=C(n2c(=S)[nH]c3cc(Cl)c(F)cc32)[C@@]1(C)C(C)C.CC(C)C1CC=C(n2cnc3c(N)ncnc32)[C@@]1(C)C(C)C.CC(C)C1CC=C(n2cnc3cncnc32)[C@@]1(C)C(C)C. The van der Waals surface area contributed by atoms with Crippen LogP contribution in [-0.2, 0) is 12.4 Å². The molecule has 0 saturated carbocycles. The van der Waals surface area contributed by atoms with Crippen molar-refractivity contribution in [2.75, 3.05) is 5.73 Å². The van der Waals surface area contributed by atoms with Gasteiger partial charge in [0.05, 0.1) is 60.5 Å². The van der Waals surface area contributed by atoms with Gasteiger partial charge in [0.25, 0.3) is 0 Å². The first-order valence-electron chi connectivity index (χ1n) is 42.5. The summed E-state index contributed by atoms with van der Waals surface area (Å²) >= 11 is 32.0. The number of halogens is 10. The minimum absolute atomic E-state index is 0.0162. The molecule has 0 radical (unpaired) electrons. The number of nitrogens with one attached hydrogen (secondary N) is 3. The van der Waals surface area contributed by atoms with E-state index in [1.54, 1.807) is 23.2 Å². The highest BCUT2D eigenvalue weighted by molar-refractivity contribution is 9.10. The molecule has 28 heteroatoms. The second kappa shape index (κ2) is 35.4. The molecule has 10 atom stereocenters. The number of hydrogen-bond acceptors (Lipinski definition) is 10. The number of anilines is 1. The summed E-state index contributed by atoms with van der Waals surface area (Å²) in [4.78, 5) is 35.1. The van der Waals surface area contributed by atoms with Crippen molar-refractivity contribution in [3.05, 3.63) is 144 Å². The fraction of sp³-hybridized carbons (Fsp3) is 0.559. The van der Waals surface area contributed by atoms with Gasteiger partial charge in [0.15, 0.2) is 36.9 Å². The van der Waals surface area contributed by atoms with Crippen LogP contribution in [0.15, 0.2) is 103 Å². The number of nitrogen functional groups attached to an aromatic ring is 1. The number of H-pyrrole nitrogens is 3. The highest BCUT2D eigenvalue weighted by Crippen LogP contribution is 2.60. The number of benzene rings is 3. The van der Waals surface area contributed by atoms with Gasteiger partial charge in [-0.2, -0.15) is 26.3 Å². The van der Waals surface area contributed by atoms with Gasteiger partial charge >= 0.3 is 12.4 Å². The molecule has 0 spiro atoms. The zero-order valence-electron chi connectivity index (χ0n) is 74.4. The molecule has 15 rings (SSSR count). The van der Waals surface area contributed by atoms with E-state index in [0.717, 1.165) is 89.5 Å². The number of aromatic amines is 3. The summed E-state index contributed by atoms with van der Waals surface area (Å²) in [5.41, 5.74) is 16.7. The fourth-order valence-electron chi connectivity index (χ4n) is 21.1. The van der Waals surface area contributed by atoms with E-state index in [1.807, 2.05) is 21.8 Å². The van der Waals surface area contributed by atoms with Gasteiger partial charge < -0.3 is 20.7 Å². The normalized spacial score (nSPS) is 24.5. The van der Waals surface area contributed by atoms with Gasteiger partial charge in [-0.15, -0.1) is 0 Å². The van der Waals surface area contributed by atoms with Gasteiger partial charge in [-0.25, -0.2) is 34.3 Å². The molecular weight excluding hydrogens is 1710 g/mol. The minimum Gasteiger partial charge on any atom is -0.382 e. The smallest absolute Gasteiger partial charge is 0.382 e. The van der Waals surface area contributed by atoms with Crippen molar-refractivity contribution in [3.63, 3.8) is 0 Å². The van der Waals surface area contributed by atoms with E-state index < -0.39 is 29.3 Å². The number of hydrogen-bond donors (Lipinski definition) is 4. The van der Waals surface area contributed by atoms with Crippen LogP contribution in [0.3, 0.4) is 0 Å². The van der Waals surface area contributed by atoms with Crippen LogP contribution in [0.2, 0.25) is 10.0 Å². The molecule has 5 aliphatic rings. The summed E-state index contributed by atoms with van der Waals surface area (Å²) in [6.07, 6.45) is 16.1. The van der Waals surface area contributed by atoms with E-state index in [9.17, 15) is 30.7 Å². The standard InChI is InChI=1S/C20H24BrF3N2S.C20H24ClF3N2S.C19H24ClFN2S.C17H25N5.C17H24N4/c2*1-10(2)13-6-7-16(19(13,5)11(3)4)26-15-9-12(20(22,23)24)8-14(21)17(15)25-18(26)27;1-10(2)12-6-7-17(19(12,5)11(3)4)23-16-9-14(21)13(20)8-15(16)22-18(23)24;1-10(2)12-6-7-13(17(12,5)11(3)4)22-9-21-14-15(18)19-8-20-16(14)22;1-11(2)13-6-7-15(17(13,5)12(3)4)21-10-20-14-8-18-9-19-16(14)21/h2*7-11,13H,6H2,1-5H3,(H,25,27);7-12H,6H2,1-5H3,(H,22,24);7-12H,6H2,1-5H3,(H2,18,19,20);7-13H,6H2,1-5H3/t2*13?,19-;12?,19-;12?,17-;13?,17-/m00000/s1. The maximum absolute atomic E-state index is 14.1. The molecule has 10 aromatic rings. The van der Waals surface area contributed by atoms with Crippen molar-refractivity contribution in [3.8, 4) is 0 Å². The van der Waals surface area contributed by atoms with Crippen LogP contribution in [0.4, 0.5) is 36.6 Å². The van der Waals surface area contributed by atoms with Crippen LogP contribution in [0.1, 0.15) is 216 Å². The van der Waals surface area contributed by atoms with E-state index in [1.165, 1.54) is 35.6 Å². The molecule has 0 bridgehead atoms. The van der Waals surface area contributed by atoms with Gasteiger partial charge in [0, 0.05) is 66.1 Å². The molecule has 121 heavy (non-hydrogen) atoms. The molecule has 7 heterocycles. The highest BCUT2D eigenvalue weighted by atomic mass is 79.9. The topological polar surface area (TPSA) is 175 Å². The minimum atomic E-state index is -4.47. The first-order valence-corrected chi connectivity index (χ1v) is 45.3. The Hall–Kier alpha value is -7.10. The molecule has 0 saturated heterocycles. The quantitative estimate of drug-likeness (QED) is 0.0571. The number of nitrogens with zero attached hydrogens (tertiary/aromatic N) is 11. The average Bonchev–Trinajstić information content (AvgIpc) is 1.58. The third kappa shape index (κ3) is 16.9. The molecular formula is C93H121BrCl2F7N15S3. The lowest BCUT2D eigenvalue weighted by molar-refractivity contribution is -0.138. The van der Waals surface area contributed by atoms with Gasteiger partial charge in [-0.3, -0.25) is 22.8 Å². The van der Waals surface area contributed by atoms with Crippen molar-refractivity contribution in [2.24, 2.45) is 116 Å². The first-order chi connectivity index (χ1) is 56.3. The summed E-state index contributed by atoms with van der Waals surface area (Å²) in [5, 5.41) is 0.132. The van der Waals surface area contributed by atoms with Gasteiger partial charge in [0.1, 0.15) is 36.6 Å². The van der Waals surface area contributed by atoms with E-state index in [-0.39, 0.29) is 37.1 Å². The Kier molecular flexibility index (Phi) is 27.7. The maximum atomic E-state index is 14.1. The second-order valence-electron chi connectivity index (χ2n) is 38.2. The number of alkyl halides is 6. The fourth-order valence-corrected chi connectivity index (χ4v) is 22.9. The zero-order chi connectivity index (χ0) is 89.7. The number of rotatable bonds is 15. The lowest BCUT2D eigenvalue weighted by atomic mass is 9.66. The summed E-state index contributed by atoms with van der Waals surface area (Å²) in [6, 6.07) is 7.46. The van der Waals surface area contributed by atoms with Crippen LogP contribution >= 0.6 is 75.8 Å². The predicted octanol–water partition coefficient (Wildman–Crippen LogP) is 29.5. The van der Waals surface area contributed by atoms with Crippen molar-refractivity contribution in [2.45, 2.75) is 218 Å². The summed E-state index contributed by atoms with van der Waals surface area (Å²) < 4.78 is 106. The van der Waals surface area contributed by atoms with E-state index in [0.29, 0.717) is 141 Å². The van der Waals surface area contributed by atoms with E-state index in [2.05, 4.69) is 273 Å². The van der Waals surface area contributed by atoms with Gasteiger partial charge in [0.2, 0.25) is 0 Å². The Morgan fingerprint density at radius 3 is 1.21 bits per heavy atom. The molecule has 656 valence electrons. The summed E-state index contributed by atoms with van der Waals surface area (Å²) in [7, 11) is 0. The second-order valence-corrected chi connectivity index (χ2v) is 41.1. The van der Waals surface area contributed by atoms with Crippen molar-refractivity contribution >= 4 is 166 Å². The maximum Gasteiger partial charge on any atom is 0.416 e. The van der Waals surface area contributed by atoms with Gasteiger partial charge in [-0.05, 0) is 204 Å². The lowest BCUT2D eigenvalue weighted by Gasteiger charge is -2.41. The Morgan fingerprint density at radius 1 is 0.438 bits per heavy atom. The Morgan fingerprint density at radius 2 is 0.793 bits per heavy atom. The van der Waals surface area contributed by atoms with Crippen LogP contribution in [0.5, 0.6) is 0 Å². The molecule has 15 nitrogen and oxygen atoms in total. The molecule has 3 aromatic carbocycles. The first kappa shape index (κ1) is 94.6. The highest BCUT2D eigenvalue weighted by Gasteiger charge is 2.52.